The molecule has 0 aliphatic carbocycles. The summed E-state index contributed by atoms with van der Waals surface area (Å²) in [4.78, 5) is 12.5. The smallest absolute Gasteiger partial charge is 0.222 e. The van der Waals surface area contributed by atoms with Crippen LogP contribution in [0.4, 0.5) is 0 Å². The van der Waals surface area contributed by atoms with Crippen molar-refractivity contribution in [2.75, 3.05) is 20.8 Å². The minimum absolute atomic E-state index is 0.337. The summed E-state index contributed by atoms with van der Waals surface area (Å²) in [6.45, 7) is 9.00. The Kier molecular flexibility index (Phi) is 7.07. The van der Waals surface area contributed by atoms with Crippen LogP contribution in [0.2, 0.25) is 0 Å². The van der Waals surface area contributed by atoms with Crippen molar-refractivity contribution in [3.63, 3.8) is 0 Å². The van der Waals surface area contributed by atoms with Gasteiger partial charge in [-0.3, -0.25) is 0 Å². The molecular formula is C21H28N4O2. The van der Waals surface area contributed by atoms with Gasteiger partial charge in [-0.25, -0.2) is 9.97 Å². The van der Waals surface area contributed by atoms with Gasteiger partial charge in [0, 0.05) is 37.4 Å². The number of H-pyrrole nitrogens is 1. The molecule has 0 saturated heterocycles. The number of fused-ring (bicyclic) bond motifs is 1. The Morgan fingerprint density at radius 3 is 2.48 bits per heavy atom. The zero-order chi connectivity index (χ0) is 20.0. The lowest BCUT2D eigenvalue weighted by Gasteiger charge is -2.13. The van der Waals surface area contributed by atoms with E-state index in [2.05, 4.69) is 28.6 Å². The molecule has 27 heavy (non-hydrogen) atoms. The molecular weight excluding hydrogens is 340 g/mol. The molecule has 3 aromatic rings. The molecule has 3 aromatic heterocycles. The first kappa shape index (κ1) is 20.6. The number of hydrogen-bond donors (Lipinski definition) is 2. The molecule has 0 bridgehead atoms. The van der Waals surface area contributed by atoms with Gasteiger partial charge in [-0.15, -0.1) is 0 Å². The van der Waals surface area contributed by atoms with Crippen LogP contribution in [0.25, 0.3) is 22.3 Å². The average Bonchev–Trinajstić information content (AvgIpc) is 3.08. The van der Waals surface area contributed by atoms with Crippen LogP contribution in [-0.2, 0) is 4.74 Å². The van der Waals surface area contributed by atoms with Crippen LogP contribution in [0.3, 0.4) is 0 Å². The number of aryl methyl sites for hydroxylation is 1. The van der Waals surface area contributed by atoms with E-state index in [0.717, 1.165) is 45.7 Å². The fourth-order valence-corrected chi connectivity index (χ4v) is 2.66. The van der Waals surface area contributed by atoms with Crippen molar-refractivity contribution < 1.29 is 9.47 Å². The van der Waals surface area contributed by atoms with E-state index in [9.17, 15) is 0 Å². The third-order valence-electron chi connectivity index (χ3n) is 4.24. The molecule has 0 amide bonds. The van der Waals surface area contributed by atoms with Crippen molar-refractivity contribution in [3.05, 3.63) is 41.2 Å². The van der Waals surface area contributed by atoms with Gasteiger partial charge in [-0.1, -0.05) is 13.8 Å². The molecule has 144 valence electrons. The predicted molar refractivity (Wildman–Crippen MR) is 110 cm³/mol. The normalized spacial score (nSPS) is 10.6. The highest BCUT2D eigenvalue weighted by Crippen LogP contribution is 2.32. The van der Waals surface area contributed by atoms with E-state index >= 15 is 0 Å². The highest BCUT2D eigenvalue weighted by molar-refractivity contribution is 5.97. The van der Waals surface area contributed by atoms with Gasteiger partial charge in [0.25, 0.3) is 0 Å². The lowest BCUT2D eigenvalue weighted by Crippen LogP contribution is -2.00. The number of methoxy groups -OCH3 is 2. The molecule has 0 saturated carbocycles. The standard InChI is InChI=1S/C18H20N4O.C3H8O/c1-10(2)14-6-5-13(18(21-14)23-4)16-11(3)7-15-17(22-16)12(8-19)9-20-15;1-3-4-2/h5-10,19-20H,1-4H3;3H2,1-2H3. The molecule has 0 unspecified atom stereocenters. The van der Waals surface area contributed by atoms with Crippen LogP contribution in [-0.4, -0.2) is 42.0 Å². The van der Waals surface area contributed by atoms with Crippen molar-refractivity contribution in [1.29, 1.82) is 5.41 Å². The average molecular weight is 368 g/mol. The molecule has 0 spiro atoms. The minimum Gasteiger partial charge on any atom is -0.480 e. The molecule has 0 aliphatic rings. The first-order valence-electron chi connectivity index (χ1n) is 9.00. The van der Waals surface area contributed by atoms with Gasteiger partial charge >= 0.3 is 0 Å². The largest absolute Gasteiger partial charge is 0.480 e. The Hall–Kier alpha value is -2.73. The van der Waals surface area contributed by atoms with Crippen LogP contribution in [0, 0.1) is 12.3 Å². The van der Waals surface area contributed by atoms with Crippen molar-refractivity contribution in [2.24, 2.45) is 0 Å². The van der Waals surface area contributed by atoms with Gasteiger partial charge in [0.15, 0.2) is 0 Å². The summed E-state index contributed by atoms with van der Waals surface area (Å²) in [5.74, 6) is 0.918. The van der Waals surface area contributed by atoms with Crippen LogP contribution >= 0.6 is 0 Å². The van der Waals surface area contributed by atoms with Crippen LogP contribution < -0.4 is 4.74 Å². The molecule has 6 nitrogen and oxygen atoms in total. The molecule has 2 N–H and O–H groups in total. The number of nitrogens with one attached hydrogen (secondary N) is 2. The zero-order valence-electron chi connectivity index (χ0n) is 16.9. The third-order valence-corrected chi connectivity index (χ3v) is 4.24. The number of aromatic amines is 1. The van der Waals surface area contributed by atoms with Gasteiger partial charge in [0.2, 0.25) is 5.88 Å². The zero-order valence-corrected chi connectivity index (χ0v) is 16.9. The first-order valence-corrected chi connectivity index (χ1v) is 9.00. The van der Waals surface area contributed by atoms with Gasteiger partial charge in [0.05, 0.1) is 29.4 Å². The minimum atomic E-state index is 0.337. The number of pyridine rings is 2. The molecule has 0 atom stereocenters. The lowest BCUT2D eigenvalue weighted by molar-refractivity contribution is 0.215. The van der Waals surface area contributed by atoms with E-state index in [1.807, 2.05) is 32.0 Å². The second-order valence-electron chi connectivity index (χ2n) is 6.46. The monoisotopic (exact) mass is 368 g/mol. The maximum absolute atomic E-state index is 7.50. The third kappa shape index (κ3) is 4.52. The maximum Gasteiger partial charge on any atom is 0.222 e. The Balaban J connectivity index is 0.000000596. The van der Waals surface area contributed by atoms with E-state index in [-0.39, 0.29) is 0 Å². The molecule has 0 radical (unpaired) electrons. The van der Waals surface area contributed by atoms with E-state index in [1.54, 1.807) is 20.4 Å². The maximum atomic E-state index is 7.50. The molecule has 6 heteroatoms. The number of nitrogens with zero attached hydrogens (tertiary/aromatic N) is 2. The van der Waals surface area contributed by atoms with Crippen LogP contribution in [0.5, 0.6) is 5.88 Å². The lowest BCUT2D eigenvalue weighted by atomic mass is 10.0. The van der Waals surface area contributed by atoms with E-state index in [0.29, 0.717) is 11.8 Å². The molecule has 0 aromatic carbocycles. The van der Waals surface area contributed by atoms with Gasteiger partial charge in [-0.2, -0.15) is 0 Å². The molecule has 3 heterocycles. The van der Waals surface area contributed by atoms with Crippen molar-refractivity contribution in [1.82, 2.24) is 15.0 Å². The number of hydrogen-bond acceptors (Lipinski definition) is 5. The fraction of sp³-hybridized carbons (Fsp3) is 0.381. The predicted octanol–water partition coefficient (Wildman–Crippen LogP) is 4.72. The summed E-state index contributed by atoms with van der Waals surface area (Å²) < 4.78 is 10.0. The molecule has 0 fully saturated rings. The molecule has 3 rings (SSSR count). The highest BCUT2D eigenvalue weighted by atomic mass is 16.5. The first-order chi connectivity index (χ1) is 13.0. The second-order valence-corrected chi connectivity index (χ2v) is 6.46. The SMILES string of the molecule is CCOC.COc1nc(C(C)C)ccc1-c1nc2c(C=N)c[nH]c2cc1C. The summed E-state index contributed by atoms with van der Waals surface area (Å²) in [6.07, 6.45) is 3.10. The topological polar surface area (TPSA) is 83.9 Å². The van der Waals surface area contributed by atoms with Gasteiger partial charge in [0.1, 0.15) is 0 Å². The van der Waals surface area contributed by atoms with Crippen molar-refractivity contribution >= 4 is 17.2 Å². The Bertz CT molecular complexity index is 914. The number of ether oxygens (including phenoxy) is 2. The summed E-state index contributed by atoms with van der Waals surface area (Å²) in [7, 11) is 3.31. The Morgan fingerprint density at radius 1 is 1.22 bits per heavy atom. The van der Waals surface area contributed by atoms with Crippen LogP contribution in [0.15, 0.2) is 24.4 Å². The quantitative estimate of drug-likeness (QED) is 0.639. The number of aromatic nitrogens is 3. The fourth-order valence-electron chi connectivity index (χ4n) is 2.66. The highest BCUT2D eigenvalue weighted by Gasteiger charge is 2.16. The Labute approximate surface area is 160 Å². The van der Waals surface area contributed by atoms with E-state index in [1.165, 1.54) is 6.21 Å². The van der Waals surface area contributed by atoms with Crippen LogP contribution in [0.1, 0.15) is 43.5 Å². The summed E-state index contributed by atoms with van der Waals surface area (Å²) in [6, 6.07) is 6.07. The summed E-state index contributed by atoms with van der Waals surface area (Å²) in [5.41, 5.74) is 6.21. The van der Waals surface area contributed by atoms with E-state index in [4.69, 9.17) is 15.1 Å². The van der Waals surface area contributed by atoms with Gasteiger partial charge in [-0.05, 0) is 43.5 Å². The Morgan fingerprint density at radius 2 is 1.93 bits per heavy atom. The summed E-state index contributed by atoms with van der Waals surface area (Å²) >= 11 is 0. The van der Waals surface area contributed by atoms with Crippen molar-refractivity contribution in [2.45, 2.75) is 33.6 Å². The summed E-state index contributed by atoms with van der Waals surface area (Å²) in [5, 5.41) is 7.50. The van der Waals surface area contributed by atoms with Crippen molar-refractivity contribution in [3.8, 4) is 17.1 Å². The van der Waals surface area contributed by atoms with Gasteiger partial charge < -0.3 is 19.9 Å². The number of rotatable bonds is 5. The molecule has 0 aliphatic heterocycles. The second kappa shape index (κ2) is 9.28. The van der Waals surface area contributed by atoms with E-state index < -0.39 is 0 Å².